The van der Waals surface area contributed by atoms with Crippen LogP contribution in [0.2, 0.25) is 0 Å². The van der Waals surface area contributed by atoms with E-state index in [0.717, 1.165) is 6.07 Å². The number of aromatic nitrogens is 2. The van der Waals surface area contributed by atoms with Crippen LogP contribution in [-0.2, 0) is 16.9 Å². The number of benzene rings is 1. The molecule has 5 rings (SSSR count). The number of nitrogens with one attached hydrogen (secondary N) is 1. The Balaban J connectivity index is 1.35. The van der Waals surface area contributed by atoms with Gasteiger partial charge in [-0.3, -0.25) is 14.9 Å². The molecule has 0 saturated carbocycles. The van der Waals surface area contributed by atoms with E-state index in [4.69, 9.17) is 4.74 Å². The van der Waals surface area contributed by atoms with Gasteiger partial charge in [0.15, 0.2) is 0 Å². The number of hydrogen-bond acceptors (Lipinski definition) is 7. The molecule has 2 aliphatic rings. The van der Waals surface area contributed by atoms with Crippen LogP contribution in [-0.4, -0.2) is 63.5 Å². The first-order valence-electron chi connectivity index (χ1n) is 11.6. The third kappa shape index (κ3) is 4.71. The Morgan fingerprint density at radius 2 is 1.97 bits per heavy atom. The molecule has 0 amide bonds. The van der Waals surface area contributed by atoms with Gasteiger partial charge in [0, 0.05) is 42.5 Å². The first-order chi connectivity index (χ1) is 16.9. The number of likely N-dealkylation sites (tertiary alicyclic amines) is 1. The van der Waals surface area contributed by atoms with E-state index in [1.54, 1.807) is 24.5 Å². The summed E-state index contributed by atoms with van der Waals surface area (Å²) in [5, 5.41) is 25.3. The highest BCUT2D eigenvalue weighted by Crippen LogP contribution is 2.35. The van der Waals surface area contributed by atoms with Gasteiger partial charge in [-0.15, -0.1) is 0 Å². The summed E-state index contributed by atoms with van der Waals surface area (Å²) in [6.45, 7) is 2.01. The minimum absolute atomic E-state index is 0.00811. The fourth-order valence-corrected chi connectivity index (χ4v) is 4.91. The Morgan fingerprint density at radius 1 is 1.17 bits per heavy atom. The second-order valence-electron chi connectivity index (χ2n) is 9.16. The molecule has 35 heavy (non-hydrogen) atoms. The van der Waals surface area contributed by atoms with Gasteiger partial charge in [-0.05, 0) is 25.0 Å². The molecule has 1 aromatic carbocycles. The molecule has 2 aromatic heterocycles. The summed E-state index contributed by atoms with van der Waals surface area (Å²) >= 11 is 0. The summed E-state index contributed by atoms with van der Waals surface area (Å²) in [4.78, 5) is 10.9. The maximum atomic E-state index is 14.5. The lowest BCUT2D eigenvalue weighted by Gasteiger charge is -2.40. The van der Waals surface area contributed by atoms with Gasteiger partial charge in [0.25, 0.3) is 6.43 Å². The number of anilines is 1. The van der Waals surface area contributed by atoms with Crippen molar-refractivity contribution in [2.75, 3.05) is 31.6 Å². The average Bonchev–Trinajstić information content (AvgIpc) is 3.29. The van der Waals surface area contributed by atoms with Gasteiger partial charge in [0.1, 0.15) is 11.4 Å². The number of alkyl halides is 2. The first kappa shape index (κ1) is 23.9. The highest BCUT2D eigenvalue weighted by molar-refractivity contribution is 5.90. The van der Waals surface area contributed by atoms with Gasteiger partial charge in [0.05, 0.1) is 48.3 Å². The minimum atomic E-state index is -2.89. The SMILES string of the molecule is OC1COCC1N1CCC(O)(c2cc3c(NCc4cccc(C(F)F)c4F)ccnc3cn2)CC1. The predicted molar refractivity (Wildman–Crippen MR) is 124 cm³/mol. The van der Waals surface area contributed by atoms with E-state index >= 15 is 0 Å². The molecular weight excluding hydrogens is 461 g/mol. The number of rotatable bonds is 6. The Hall–Kier alpha value is -2.79. The molecule has 0 aliphatic carbocycles. The third-order valence-electron chi connectivity index (χ3n) is 7.03. The van der Waals surface area contributed by atoms with Crippen LogP contribution in [0, 0.1) is 5.82 Å². The smallest absolute Gasteiger partial charge is 0.266 e. The van der Waals surface area contributed by atoms with Crippen LogP contribution in [0.15, 0.2) is 42.7 Å². The zero-order valence-electron chi connectivity index (χ0n) is 19.0. The highest BCUT2D eigenvalue weighted by atomic mass is 19.3. The molecule has 2 fully saturated rings. The number of aliphatic hydroxyl groups is 2. The fourth-order valence-electron chi connectivity index (χ4n) is 4.91. The first-order valence-corrected chi connectivity index (χ1v) is 11.6. The van der Waals surface area contributed by atoms with Crippen LogP contribution in [0.25, 0.3) is 10.9 Å². The van der Waals surface area contributed by atoms with Crippen LogP contribution in [0.1, 0.15) is 36.1 Å². The van der Waals surface area contributed by atoms with Crippen molar-refractivity contribution < 1.29 is 28.1 Å². The quantitative estimate of drug-likeness (QED) is 0.490. The molecule has 0 spiro atoms. The van der Waals surface area contributed by atoms with Crippen molar-refractivity contribution in [2.45, 2.75) is 43.6 Å². The largest absolute Gasteiger partial charge is 0.389 e. The van der Waals surface area contributed by atoms with Gasteiger partial charge in [-0.1, -0.05) is 18.2 Å². The lowest BCUT2D eigenvalue weighted by Crippen LogP contribution is -2.50. The Labute approximate surface area is 200 Å². The van der Waals surface area contributed by atoms with E-state index in [0.29, 0.717) is 61.4 Å². The Kier molecular flexibility index (Phi) is 6.63. The van der Waals surface area contributed by atoms with Crippen molar-refractivity contribution in [3.8, 4) is 0 Å². The summed E-state index contributed by atoms with van der Waals surface area (Å²) in [5.74, 6) is -0.922. The van der Waals surface area contributed by atoms with Gasteiger partial charge in [-0.2, -0.15) is 0 Å². The van der Waals surface area contributed by atoms with Crippen LogP contribution in [0.5, 0.6) is 0 Å². The second kappa shape index (κ2) is 9.69. The maximum Gasteiger partial charge on any atom is 0.266 e. The third-order valence-corrected chi connectivity index (χ3v) is 7.03. The summed E-state index contributed by atoms with van der Waals surface area (Å²) in [6, 6.07) is 7.39. The van der Waals surface area contributed by atoms with E-state index in [2.05, 4.69) is 20.2 Å². The van der Waals surface area contributed by atoms with Crippen molar-refractivity contribution in [1.29, 1.82) is 0 Å². The number of nitrogens with zero attached hydrogens (tertiary/aromatic N) is 3. The molecule has 3 N–H and O–H groups in total. The summed E-state index contributed by atoms with van der Waals surface area (Å²) in [5.41, 5.74) is 0.0991. The highest BCUT2D eigenvalue weighted by Gasteiger charge is 2.40. The molecule has 0 bridgehead atoms. The molecule has 3 aromatic rings. The summed E-state index contributed by atoms with van der Waals surface area (Å²) in [6.07, 6.45) is 0.660. The molecule has 0 radical (unpaired) electrons. The molecule has 2 atom stereocenters. The molecule has 2 unspecified atom stereocenters. The molecule has 7 nitrogen and oxygen atoms in total. The lowest BCUT2D eigenvalue weighted by atomic mass is 9.86. The molecule has 186 valence electrons. The predicted octanol–water partition coefficient (Wildman–Crippen LogP) is 3.36. The number of halogens is 3. The number of fused-ring (bicyclic) bond motifs is 1. The van der Waals surface area contributed by atoms with E-state index < -0.39 is 29.5 Å². The number of aliphatic hydroxyl groups excluding tert-OH is 1. The van der Waals surface area contributed by atoms with Crippen molar-refractivity contribution in [3.05, 3.63) is 65.4 Å². The zero-order chi connectivity index (χ0) is 24.6. The molecule has 4 heterocycles. The van der Waals surface area contributed by atoms with Crippen molar-refractivity contribution in [1.82, 2.24) is 14.9 Å². The standard InChI is InChI=1S/C25H27F3N4O3/c26-23-15(2-1-3-16(23)24(27)28)11-30-18-4-7-29-19-12-31-22(10-17(18)19)25(34)5-8-32(9-6-25)20-13-35-14-21(20)33/h1-4,7,10,12,20-21,24,33-34H,5-6,8-9,11,13-14H2,(H,29,30). The fraction of sp³-hybridized carbons (Fsp3) is 0.440. The van der Waals surface area contributed by atoms with Gasteiger partial charge < -0.3 is 20.3 Å². The normalized spacial score (nSPS) is 22.7. The van der Waals surface area contributed by atoms with Gasteiger partial charge in [-0.25, -0.2) is 13.2 Å². The van der Waals surface area contributed by atoms with Crippen LogP contribution in [0.4, 0.5) is 18.9 Å². The average molecular weight is 489 g/mol. The van der Waals surface area contributed by atoms with Crippen LogP contribution in [0.3, 0.4) is 0 Å². The zero-order valence-corrected chi connectivity index (χ0v) is 19.0. The number of ether oxygens (including phenoxy) is 1. The number of piperidine rings is 1. The molecule has 10 heteroatoms. The second-order valence-corrected chi connectivity index (χ2v) is 9.16. The molecule has 2 saturated heterocycles. The lowest BCUT2D eigenvalue weighted by molar-refractivity contribution is -0.0483. The monoisotopic (exact) mass is 488 g/mol. The van der Waals surface area contributed by atoms with Crippen molar-refractivity contribution in [2.24, 2.45) is 0 Å². The number of hydrogen-bond donors (Lipinski definition) is 3. The Morgan fingerprint density at radius 3 is 2.69 bits per heavy atom. The van der Waals surface area contributed by atoms with E-state index in [1.807, 2.05) is 0 Å². The summed E-state index contributed by atoms with van der Waals surface area (Å²) in [7, 11) is 0. The van der Waals surface area contributed by atoms with Crippen LogP contribution >= 0.6 is 0 Å². The maximum absolute atomic E-state index is 14.5. The molecule has 2 aliphatic heterocycles. The van der Waals surface area contributed by atoms with E-state index in [1.165, 1.54) is 12.1 Å². The minimum Gasteiger partial charge on any atom is -0.389 e. The van der Waals surface area contributed by atoms with Gasteiger partial charge >= 0.3 is 0 Å². The molecular formula is C25H27F3N4O3. The Bertz CT molecular complexity index is 1200. The van der Waals surface area contributed by atoms with E-state index in [9.17, 15) is 23.4 Å². The summed E-state index contributed by atoms with van der Waals surface area (Å²) < 4.78 is 45.9. The van der Waals surface area contributed by atoms with Gasteiger partial charge in [0.2, 0.25) is 0 Å². The van der Waals surface area contributed by atoms with Crippen LogP contribution < -0.4 is 5.32 Å². The van der Waals surface area contributed by atoms with Crippen molar-refractivity contribution in [3.63, 3.8) is 0 Å². The van der Waals surface area contributed by atoms with Crippen molar-refractivity contribution >= 4 is 16.6 Å². The number of pyridine rings is 2. The van der Waals surface area contributed by atoms with E-state index in [-0.39, 0.29) is 18.2 Å². The topological polar surface area (TPSA) is 90.7 Å².